The Balaban J connectivity index is 2.16. The van der Waals surface area contributed by atoms with E-state index >= 15 is 0 Å². The summed E-state index contributed by atoms with van der Waals surface area (Å²) >= 11 is 1.01. The minimum atomic E-state index is -3.86. The molecule has 0 aliphatic carbocycles. The van der Waals surface area contributed by atoms with Crippen molar-refractivity contribution in [1.82, 2.24) is 9.59 Å². The molecule has 0 radical (unpaired) electrons. The molecule has 10 heteroatoms. The van der Waals surface area contributed by atoms with Crippen molar-refractivity contribution in [3.8, 4) is 0 Å². The summed E-state index contributed by atoms with van der Waals surface area (Å²) < 4.78 is 27.8. The van der Waals surface area contributed by atoms with Gasteiger partial charge in [0.15, 0.2) is 0 Å². The second-order valence-electron chi connectivity index (χ2n) is 4.08. The van der Waals surface area contributed by atoms with Crippen LogP contribution in [0.2, 0.25) is 0 Å². The first kappa shape index (κ1) is 15.4. The van der Waals surface area contributed by atoms with E-state index in [0.29, 0.717) is 22.7 Å². The van der Waals surface area contributed by atoms with Gasteiger partial charge in [-0.1, -0.05) is 17.5 Å². The molecular formula is C11H13N5O3S2. The molecule has 8 nitrogen and oxygen atoms in total. The summed E-state index contributed by atoms with van der Waals surface area (Å²) in [4.78, 5) is 12.5. The van der Waals surface area contributed by atoms with E-state index < -0.39 is 10.2 Å². The lowest BCUT2D eigenvalue weighted by atomic mass is 10.2. The summed E-state index contributed by atoms with van der Waals surface area (Å²) in [7, 11) is -3.86. The molecule has 1 heterocycles. The van der Waals surface area contributed by atoms with Crippen molar-refractivity contribution >= 4 is 39.0 Å². The zero-order valence-electron chi connectivity index (χ0n) is 11.0. The van der Waals surface area contributed by atoms with Gasteiger partial charge >= 0.3 is 0 Å². The number of aromatic nitrogens is 2. The molecule has 1 aromatic heterocycles. The minimum absolute atomic E-state index is 0.258. The molecule has 112 valence electrons. The fourth-order valence-electron chi connectivity index (χ4n) is 1.62. The van der Waals surface area contributed by atoms with Crippen molar-refractivity contribution in [3.05, 3.63) is 34.8 Å². The van der Waals surface area contributed by atoms with Crippen molar-refractivity contribution in [2.75, 3.05) is 10.0 Å². The van der Waals surface area contributed by atoms with Crippen LogP contribution in [0.3, 0.4) is 0 Å². The Morgan fingerprint density at radius 3 is 2.76 bits per heavy atom. The van der Waals surface area contributed by atoms with Gasteiger partial charge in [0.2, 0.25) is 0 Å². The number of anilines is 2. The molecule has 0 fully saturated rings. The molecule has 0 spiro atoms. The van der Waals surface area contributed by atoms with Gasteiger partial charge in [-0.2, -0.15) is 8.42 Å². The third-order valence-corrected chi connectivity index (χ3v) is 3.76. The lowest BCUT2D eigenvalue weighted by Gasteiger charge is -2.07. The largest absolute Gasteiger partial charge is 0.321 e. The van der Waals surface area contributed by atoms with E-state index in [0.717, 1.165) is 11.5 Å². The van der Waals surface area contributed by atoms with Crippen molar-refractivity contribution in [1.29, 1.82) is 0 Å². The number of amides is 1. The quantitative estimate of drug-likeness (QED) is 0.754. The summed E-state index contributed by atoms with van der Waals surface area (Å²) in [5, 5.41) is 11.4. The van der Waals surface area contributed by atoms with Crippen LogP contribution < -0.4 is 15.2 Å². The van der Waals surface area contributed by atoms with Crippen molar-refractivity contribution in [3.63, 3.8) is 0 Å². The summed E-state index contributed by atoms with van der Waals surface area (Å²) in [6, 6.07) is 6.20. The van der Waals surface area contributed by atoms with E-state index in [1.54, 1.807) is 12.1 Å². The smallest absolute Gasteiger partial charge is 0.296 e. The van der Waals surface area contributed by atoms with Gasteiger partial charge in [0.1, 0.15) is 4.88 Å². The zero-order chi connectivity index (χ0) is 15.5. The highest BCUT2D eigenvalue weighted by atomic mass is 32.2. The Morgan fingerprint density at radius 2 is 2.10 bits per heavy atom. The average molecular weight is 327 g/mol. The summed E-state index contributed by atoms with van der Waals surface area (Å²) in [6.45, 7) is 1.88. The molecule has 4 N–H and O–H groups in total. The molecule has 0 saturated carbocycles. The van der Waals surface area contributed by atoms with E-state index in [2.05, 4.69) is 19.6 Å². The van der Waals surface area contributed by atoms with Crippen LogP contribution >= 0.6 is 11.5 Å². The molecule has 1 amide bonds. The molecule has 1 aromatic carbocycles. The molecule has 0 bridgehead atoms. The highest BCUT2D eigenvalue weighted by molar-refractivity contribution is 7.90. The topological polar surface area (TPSA) is 127 Å². The fourth-order valence-corrected chi connectivity index (χ4v) is 2.73. The Morgan fingerprint density at radius 1 is 1.38 bits per heavy atom. The fraction of sp³-hybridized carbons (Fsp3) is 0.182. The molecular weight excluding hydrogens is 314 g/mol. The second kappa shape index (κ2) is 6.16. The van der Waals surface area contributed by atoms with Crippen LogP contribution in [0.5, 0.6) is 0 Å². The van der Waals surface area contributed by atoms with Crippen LogP contribution in [0.1, 0.15) is 22.3 Å². The van der Waals surface area contributed by atoms with Crippen LogP contribution in [-0.2, 0) is 16.6 Å². The number of nitrogens with zero attached hydrogens (tertiary/aromatic N) is 2. The van der Waals surface area contributed by atoms with E-state index in [9.17, 15) is 13.2 Å². The normalized spacial score (nSPS) is 11.1. The maximum atomic E-state index is 12.1. The van der Waals surface area contributed by atoms with E-state index in [4.69, 9.17) is 5.14 Å². The molecule has 0 aliphatic heterocycles. The molecule has 2 aromatic rings. The van der Waals surface area contributed by atoms with Crippen LogP contribution in [-0.4, -0.2) is 23.9 Å². The molecule has 21 heavy (non-hydrogen) atoms. The van der Waals surface area contributed by atoms with Crippen molar-refractivity contribution in [2.24, 2.45) is 5.14 Å². The number of nitrogens with one attached hydrogen (secondary N) is 2. The Bertz CT molecular complexity index is 757. The maximum Gasteiger partial charge on any atom is 0.296 e. The summed E-state index contributed by atoms with van der Waals surface area (Å²) in [5.74, 6) is -0.338. The van der Waals surface area contributed by atoms with E-state index in [1.807, 2.05) is 6.92 Å². The number of benzene rings is 1. The highest BCUT2D eigenvalue weighted by Crippen LogP contribution is 2.18. The summed E-state index contributed by atoms with van der Waals surface area (Å²) in [5.41, 5.74) is 1.31. The van der Waals surface area contributed by atoms with Gasteiger partial charge < -0.3 is 5.32 Å². The first-order valence-electron chi connectivity index (χ1n) is 5.92. The number of hydrogen-bond donors (Lipinski definition) is 3. The highest BCUT2D eigenvalue weighted by Gasteiger charge is 2.15. The maximum absolute atomic E-state index is 12.1. The minimum Gasteiger partial charge on any atom is -0.321 e. The standard InChI is InChI=1S/C11H13N5O3S2/c1-2-9-10(20-16-14-9)11(17)13-7-4-3-5-8(6-7)15-21(12,18)19/h3-6,15H,2H2,1H3,(H,13,17)(H2,12,18,19). The van der Waals surface area contributed by atoms with Gasteiger partial charge in [0.25, 0.3) is 16.1 Å². The van der Waals surface area contributed by atoms with Crippen LogP contribution in [0.4, 0.5) is 11.4 Å². The van der Waals surface area contributed by atoms with E-state index in [1.165, 1.54) is 12.1 Å². The van der Waals surface area contributed by atoms with E-state index in [-0.39, 0.29) is 11.6 Å². The SMILES string of the molecule is CCc1nnsc1C(=O)Nc1cccc(NS(N)(=O)=O)c1. The lowest BCUT2D eigenvalue weighted by Crippen LogP contribution is -2.21. The number of nitrogens with two attached hydrogens (primary N) is 1. The van der Waals surface area contributed by atoms with Gasteiger partial charge in [0, 0.05) is 5.69 Å². The number of rotatable bonds is 5. The summed E-state index contributed by atoms with van der Waals surface area (Å²) in [6.07, 6.45) is 0.603. The number of carbonyl (C=O) groups excluding carboxylic acids is 1. The van der Waals surface area contributed by atoms with Gasteiger partial charge in [-0.05, 0) is 36.2 Å². The lowest BCUT2D eigenvalue weighted by molar-refractivity contribution is 0.102. The monoisotopic (exact) mass is 327 g/mol. The average Bonchev–Trinajstić information content (AvgIpc) is 2.85. The number of aryl methyl sites for hydroxylation is 1. The first-order valence-corrected chi connectivity index (χ1v) is 8.24. The molecule has 0 unspecified atom stereocenters. The Hall–Kier alpha value is -2.04. The molecule has 0 aliphatic rings. The van der Waals surface area contributed by atoms with Crippen LogP contribution in [0.25, 0.3) is 0 Å². The van der Waals surface area contributed by atoms with Gasteiger partial charge in [0.05, 0.1) is 11.4 Å². The van der Waals surface area contributed by atoms with Gasteiger partial charge in [-0.3, -0.25) is 9.52 Å². The van der Waals surface area contributed by atoms with Crippen LogP contribution in [0, 0.1) is 0 Å². The third-order valence-electron chi connectivity index (χ3n) is 2.48. The molecule has 0 atom stereocenters. The molecule has 0 saturated heterocycles. The van der Waals surface area contributed by atoms with Crippen molar-refractivity contribution in [2.45, 2.75) is 13.3 Å². The third kappa shape index (κ3) is 4.21. The second-order valence-corrected chi connectivity index (χ2v) is 6.13. The molecule has 2 rings (SSSR count). The van der Waals surface area contributed by atoms with Gasteiger partial charge in [-0.25, -0.2) is 5.14 Å². The number of hydrogen-bond acceptors (Lipinski definition) is 6. The Kier molecular flexibility index (Phi) is 4.50. The van der Waals surface area contributed by atoms with Gasteiger partial charge in [-0.15, -0.1) is 5.10 Å². The first-order chi connectivity index (χ1) is 9.89. The predicted octanol–water partition coefficient (Wildman–Crippen LogP) is 0.968. The van der Waals surface area contributed by atoms with Crippen molar-refractivity contribution < 1.29 is 13.2 Å². The Labute approximate surface area is 125 Å². The number of carbonyl (C=O) groups is 1. The predicted molar refractivity (Wildman–Crippen MR) is 80.4 cm³/mol. The zero-order valence-corrected chi connectivity index (χ0v) is 12.7. The van der Waals surface area contributed by atoms with Crippen LogP contribution in [0.15, 0.2) is 24.3 Å².